The molecule has 0 aliphatic carbocycles. The van der Waals surface area contributed by atoms with Crippen LogP contribution in [0.5, 0.6) is 11.5 Å². The third-order valence-electron chi connectivity index (χ3n) is 1.22. The molecule has 1 rings (SSSR count). The molecule has 4 nitrogen and oxygen atoms in total. The van der Waals surface area contributed by atoms with E-state index in [1.165, 1.54) is 18.2 Å². The molecule has 0 fully saturated rings. The number of hydrogen-bond donors (Lipinski definition) is 2. The van der Waals surface area contributed by atoms with E-state index < -0.39 is 5.75 Å². The van der Waals surface area contributed by atoms with Gasteiger partial charge >= 0.3 is 0 Å². The van der Waals surface area contributed by atoms with Gasteiger partial charge < -0.3 is 15.4 Å². The van der Waals surface area contributed by atoms with Crippen molar-refractivity contribution in [2.75, 3.05) is 0 Å². The standard InChI is InChI=1S/C7H7NO3/c9-6-3-1-2-5(4-8-11)7(6)10/h1-4,9-11H/p-1/b8-4+. The summed E-state index contributed by atoms with van der Waals surface area (Å²) < 4.78 is 0. The van der Waals surface area contributed by atoms with Gasteiger partial charge in [-0.25, -0.2) is 0 Å². The maximum absolute atomic E-state index is 10.9. The van der Waals surface area contributed by atoms with Crippen molar-refractivity contribution < 1.29 is 15.4 Å². The van der Waals surface area contributed by atoms with Crippen LogP contribution in [0.3, 0.4) is 0 Å². The van der Waals surface area contributed by atoms with Crippen molar-refractivity contribution in [3.05, 3.63) is 23.8 Å². The number of phenols is 1. The summed E-state index contributed by atoms with van der Waals surface area (Å²) in [5.74, 6) is -0.882. The van der Waals surface area contributed by atoms with E-state index in [0.29, 0.717) is 0 Å². The average Bonchev–Trinajstić information content (AvgIpc) is 1.99. The highest BCUT2D eigenvalue weighted by Crippen LogP contribution is 2.23. The first-order valence-electron chi connectivity index (χ1n) is 2.92. The van der Waals surface area contributed by atoms with Crippen molar-refractivity contribution in [2.24, 2.45) is 5.16 Å². The molecule has 4 heteroatoms. The molecule has 0 amide bonds. The molecule has 0 aliphatic rings. The van der Waals surface area contributed by atoms with Gasteiger partial charge in [-0.15, -0.1) is 0 Å². The molecule has 11 heavy (non-hydrogen) atoms. The molecule has 0 spiro atoms. The summed E-state index contributed by atoms with van der Waals surface area (Å²) in [7, 11) is 0. The zero-order chi connectivity index (χ0) is 8.27. The highest BCUT2D eigenvalue weighted by Gasteiger charge is 1.93. The lowest BCUT2D eigenvalue weighted by Crippen LogP contribution is -1.95. The Balaban J connectivity index is 3.16. The van der Waals surface area contributed by atoms with Crippen LogP contribution in [0.1, 0.15) is 5.56 Å². The molecule has 0 radical (unpaired) electrons. The van der Waals surface area contributed by atoms with Crippen molar-refractivity contribution >= 4 is 6.21 Å². The molecule has 2 N–H and O–H groups in total. The number of phenolic OH excluding ortho intramolecular Hbond substituents is 1. The third-order valence-corrected chi connectivity index (χ3v) is 1.22. The second kappa shape index (κ2) is 2.92. The molecule has 0 aliphatic heterocycles. The van der Waals surface area contributed by atoms with Gasteiger partial charge in [0.2, 0.25) is 0 Å². The predicted molar refractivity (Wildman–Crippen MR) is 36.9 cm³/mol. The van der Waals surface area contributed by atoms with Crippen LogP contribution in [0.2, 0.25) is 0 Å². The van der Waals surface area contributed by atoms with Gasteiger partial charge in [-0.05, 0) is 11.6 Å². The minimum atomic E-state index is -0.537. The monoisotopic (exact) mass is 152 g/mol. The summed E-state index contributed by atoms with van der Waals surface area (Å²) in [4.78, 5) is 0. The smallest absolute Gasteiger partial charge is 0.108 e. The fourth-order valence-corrected chi connectivity index (χ4v) is 0.706. The van der Waals surface area contributed by atoms with Crippen LogP contribution in [0, 0.1) is 0 Å². The SMILES string of the molecule is [O-]c1c(O)cccc1/C=N/O. The largest absolute Gasteiger partial charge is 0.870 e. The Labute approximate surface area is 63.0 Å². The highest BCUT2D eigenvalue weighted by atomic mass is 16.4. The van der Waals surface area contributed by atoms with E-state index in [4.69, 9.17) is 10.3 Å². The first-order valence-corrected chi connectivity index (χ1v) is 2.92. The Morgan fingerprint density at radius 2 is 2.18 bits per heavy atom. The minimum Gasteiger partial charge on any atom is -0.870 e. The number of oxime groups is 1. The molecule has 0 bridgehead atoms. The van der Waals surface area contributed by atoms with Crippen molar-refractivity contribution in [1.29, 1.82) is 0 Å². The van der Waals surface area contributed by atoms with Crippen LogP contribution < -0.4 is 5.11 Å². The first-order chi connectivity index (χ1) is 5.25. The Morgan fingerprint density at radius 3 is 2.82 bits per heavy atom. The number of aromatic hydroxyl groups is 1. The summed E-state index contributed by atoms with van der Waals surface area (Å²) >= 11 is 0. The highest BCUT2D eigenvalue weighted by molar-refractivity contribution is 5.83. The van der Waals surface area contributed by atoms with Crippen LogP contribution in [0.4, 0.5) is 0 Å². The van der Waals surface area contributed by atoms with Gasteiger partial charge in [-0.1, -0.05) is 23.0 Å². The maximum atomic E-state index is 10.9. The Bertz CT molecular complexity index is 283. The maximum Gasteiger partial charge on any atom is 0.108 e. The van der Waals surface area contributed by atoms with Crippen LogP contribution in [0.25, 0.3) is 0 Å². The lowest BCUT2D eigenvalue weighted by atomic mass is 10.2. The van der Waals surface area contributed by atoms with Crippen molar-refractivity contribution in [1.82, 2.24) is 0 Å². The van der Waals surface area contributed by atoms with Crippen molar-refractivity contribution in [3.8, 4) is 11.5 Å². The molecule has 0 heterocycles. The molecular weight excluding hydrogens is 146 g/mol. The normalized spacial score (nSPS) is 10.5. The molecular formula is C7H6NO3-. The molecule has 0 saturated heterocycles. The fraction of sp³-hybridized carbons (Fsp3) is 0. The zero-order valence-corrected chi connectivity index (χ0v) is 5.56. The second-order valence-electron chi connectivity index (χ2n) is 1.94. The molecule has 0 saturated carbocycles. The quantitative estimate of drug-likeness (QED) is 0.344. The van der Waals surface area contributed by atoms with E-state index in [0.717, 1.165) is 6.21 Å². The van der Waals surface area contributed by atoms with Gasteiger partial charge in [-0.3, -0.25) is 0 Å². The topological polar surface area (TPSA) is 75.9 Å². The Kier molecular flexibility index (Phi) is 1.96. The van der Waals surface area contributed by atoms with Crippen LogP contribution in [0.15, 0.2) is 23.4 Å². The lowest BCUT2D eigenvalue weighted by molar-refractivity contribution is -0.270. The van der Waals surface area contributed by atoms with E-state index in [2.05, 4.69) is 5.16 Å². The average molecular weight is 152 g/mol. The molecule has 58 valence electrons. The number of para-hydroxylation sites is 1. The summed E-state index contributed by atoms with van der Waals surface area (Å²) in [5.41, 5.74) is 0.160. The second-order valence-corrected chi connectivity index (χ2v) is 1.94. The number of rotatable bonds is 1. The van der Waals surface area contributed by atoms with E-state index in [9.17, 15) is 5.11 Å². The van der Waals surface area contributed by atoms with Gasteiger partial charge in [0, 0.05) is 0 Å². The molecule has 0 unspecified atom stereocenters. The number of nitrogens with zero attached hydrogens (tertiary/aromatic N) is 1. The van der Waals surface area contributed by atoms with Crippen LogP contribution in [-0.2, 0) is 0 Å². The van der Waals surface area contributed by atoms with E-state index in [-0.39, 0.29) is 11.3 Å². The zero-order valence-electron chi connectivity index (χ0n) is 5.56. The predicted octanol–water partition coefficient (Wildman–Crippen LogP) is 0.274. The van der Waals surface area contributed by atoms with Gasteiger partial charge in [0.25, 0.3) is 0 Å². The summed E-state index contributed by atoms with van der Waals surface area (Å²) in [6.45, 7) is 0. The summed E-state index contributed by atoms with van der Waals surface area (Å²) in [5, 5.41) is 30.5. The van der Waals surface area contributed by atoms with Gasteiger partial charge in [0.1, 0.15) is 5.75 Å². The summed E-state index contributed by atoms with van der Waals surface area (Å²) in [6, 6.07) is 4.21. The Hall–Kier alpha value is -1.71. The van der Waals surface area contributed by atoms with Gasteiger partial charge in [0.15, 0.2) is 0 Å². The lowest BCUT2D eigenvalue weighted by Gasteiger charge is -2.10. The number of hydrogen-bond acceptors (Lipinski definition) is 4. The fourth-order valence-electron chi connectivity index (χ4n) is 0.706. The minimum absolute atomic E-state index is 0.160. The molecule has 1 aromatic rings. The van der Waals surface area contributed by atoms with Crippen molar-refractivity contribution in [2.45, 2.75) is 0 Å². The van der Waals surface area contributed by atoms with Crippen LogP contribution >= 0.6 is 0 Å². The van der Waals surface area contributed by atoms with Gasteiger partial charge in [-0.2, -0.15) is 0 Å². The van der Waals surface area contributed by atoms with Crippen LogP contribution in [-0.4, -0.2) is 16.5 Å². The molecule has 0 aromatic heterocycles. The van der Waals surface area contributed by atoms with E-state index in [1.807, 2.05) is 0 Å². The Morgan fingerprint density at radius 1 is 1.45 bits per heavy atom. The van der Waals surface area contributed by atoms with E-state index in [1.54, 1.807) is 0 Å². The molecule has 0 atom stereocenters. The third kappa shape index (κ3) is 1.40. The number of benzene rings is 1. The van der Waals surface area contributed by atoms with Crippen molar-refractivity contribution in [3.63, 3.8) is 0 Å². The first kappa shape index (κ1) is 7.40. The summed E-state index contributed by atoms with van der Waals surface area (Å²) in [6.07, 6.45) is 0.974. The van der Waals surface area contributed by atoms with Gasteiger partial charge in [0.05, 0.1) is 6.21 Å². The van der Waals surface area contributed by atoms with E-state index >= 15 is 0 Å². The molecule has 1 aromatic carbocycles.